The van der Waals surface area contributed by atoms with Gasteiger partial charge in [-0.25, -0.2) is 9.07 Å². The highest BCUT2D eigenvalue weighted by Crippen LogP contribution is 2.24. The minimum absolute atomic E-state index is 0.204. The van der Waals surface area contributed by atoms with Gasteiger partial charge >= 0.3 is 0 Å². The van der Waals surface area contributed by atoms with Gasteiger partial charge in [-0.2, -0.15) is 5.10 Å². The maximum Gasteiger partial charge on any atom is 0.135 e. The van der Waals surface area contributed by atoms with Crippen molar-refractivity contribution in [2.45, 2.75) is 13.0 Å². The number of nitrogens with two attached hydrogens (primary N) is 1. The van der Waals surface area contributed by atoms with Crippen LogP contribution in [0.25, 0.3) is 0 Å². The molecule has 0 saturated carbocycles. The van der Waals surface area contributed by atoms with E-state index in [2.05, 4.69) is 27.7 Å². The fourth-order valence-electron chi connectivity index (χ4n) is 1.60. The summed E-state index contributed by atoms with van der Waals surface area (Å²) in [4.78, 5) is 0. The molecule has 16 heavy (non-hydrogen) atoms. The lowest BCUT2D eigenvalue weighted by Gasteiger charge is -2.14. The van der Waals surface area contributed by atoms with E-state index in [0.717, 1.165) is 3.57 Å². The number of hydrogen-bond acceptors (Lipinski definition) is 2. The molecule has 0 bridgehead atoms. The van der Waals surface area contributed by atoms with Crippen LogP contribution >= 0.6 is 22.6 Å². The molecule has 0 radical (unpaired) electrons. The summed E-state index contributed by atoms with van der Waals surface area (Å²) in [6, 6.07) is 6.45. The first-order chi connectivity index (χ1) is 7.61. The van der Waals surface area contributed by atoms with E-state index in [1.165, 1.54) is 6.07 Å². The van der Waals surface area contributed by atoms with E-state index in [0.29, 0.717) is 11.4 Å². The summed E-state index contributed by atoms with van der Waals surface area (Å²) in [5.41, 5.74) is 6.45. The van der Waals surface area contributed by atoms with Gasteiger partial charge in [0.1, 0.15) is 11.6 Å². The third kappa shape index (κ3) is 1.91. The van der Waals surface area contributed by atoms with Crippen molar-refractivity contribution in [2.75, 3.05) is 5.73 Å². The highest BCUT2D eigenvalue weighted by Gasteiger charge is 2.16. The van der Waals surface area contributed by atoms with Crippen LogP contribution in [0.3, 0.4) is 0 Å². The van der Waals surface area contributed by atoms with E-state index < -0.39 is 0 Å². The Morgan fingerprint density at radius 1 is 1.44 bits per heavy atom. The van der Waals surface area contributed by atoms with Gasteiger partial charge in [-0.1, -0.05) is 18.2 Å². The molecule has 2 rings (SSSR count). The van der Waals surface area contributed by atoms with Crippen LogP contribution < -0.4 is 5.73 Å². The average molecular weight is 331 g/mol. The molecule has 1 atom stereocenters. The van der Waals surface area contributed by atoms with Crippen molar-refractivity contribution in [3.63, 3.8) is 0 Å². The van der Waals surface area contributed by atoms with E-state index in [9.17, 15) is 4.39 Å². The first-order valence-electron chi connectivity index (χ1n) is 4.84. The molecule has 0 aliphatic heterocycles. The number of halogens is 2. The zero-order valence-corrected chi connectivity index (χ0v) is 10.8. The summed E-state index contributed by atoms with van der Waals surface area (Å²) in [5, 5.41) is 4.15. The largest absolute Gasteiger partial charge is 0.383 e. The highest BCUT2D eigenvalue weighted by molar-refractivity contribution is 14.1. The molecule has 3 nitrogen and oxygen atoms in total. The molecule has 1 aromatic heterocycles. The van der Waals surface area contributed by atoms with Gasteiger partial charge in [0.25, 0.3) is 0 Å². The Morgan fingerprint density at radius 2 is 2.12 bits per heavy atom. The van der Waals surface area contributed by atoms with E-state index in [1.807, 2.05) is 6.92 Å². The minimum Gasteiger partial charge on any atom is -0.383 e. The van der Waals surface area contributed by atoms with Gasteiger partial charge in [0.05, 0.1) is 15.8 Å². The predicted molar refractivity (Wildman–Crippen MR) is 69.6 cm³/mol. The summed E-state index contributed by atoms with van der Waals surface area (Å²) < 4.78 is 16.1. The van der Waals surface area contributed by atoms with Gasteiger partial charge in [0.2, 0.25) is 0 Å². The van der Waals surface area contributed by atoms with Crippen molar-refractivity contribution in [3.8, 4) is 0 Å². The van der Waals surface area contributed by atoms with Gasteiger partial charge in [-0.15, -0.1) is 0 Å². The van der Waals surface area contributed by atoms with Crippen LogP contribution in [0.1, 0.15) is 18.5 Å². The number of nitrogens with zero attached hydrogens (tertiary/aromatic N) is 2. The zero-order chi connectivity index (χ0) is 11.7. The van der Waals surface area contributed by atoms with Crippen molar-refractivity contribution in [2.24, 2.45) is 0 Å². The van der Waals surface area contributed by atoms with Crippen molar-refractivity contribution < 1.29 is 4.39 Å². The van der Waals surface area contributed by atoms with Crippen LogP contribution in [-0.2, 0) is 0 Å². The molecule has 0 amide bonds. The van der Waals surface area contributed by atoms with Crippen molar-refractivity contribution in [1.82, 2.24) is 9.78 Å². The first kappa shape index (κ1) is 11.4. The fourth-order valence-corrected chi connectivity index (χ4v) is 1.98. The van der Waals surface area contributed by atoms with E-state index >= 15 is 0 Å². The highest BCUT2D eigenvalue weighted by atomic mass is 127. The van der Waals surface area contributed by atoms with E-state index in [1.54, 1.807) is 29.1 Å². The third-order valence-electron chi connectivity index (χ3n) is 2.51. The maximum atomic E-state index is 13.6. The molecule has 0 aliphatic carbocycles. The van der Waals surface area contributed by atoms with Crippen LogP contribution in [0, 0.1) is 9.39 Å². The molecule has 0 spiro atoms. The SMILES string of the molecule is CC(c1ccccc1F)n1ncc(I)c1N. The average Bonchev–Trinajstić information content (AvgIpc) is 2.60. The smallest absolute Gasteiger partial charge is 0.135 e. The Labute approximate surface area is 107 Å². The van der Waals surface area contributed by atoms with Gasteiger partial charge in [0.15, 0.2) is 0 Å². The Kier molecular flexibility index (Phi) is 3.13. The maximum absolute atomic E-state index is 13.6. The molecule has 1 heterocycles. The van der Waals surface area contributed by atoms with Crippen LogP contribution in [0.4, 0.5) is 10.2 Å². The molecule has 0 fully saturated rings. The van der Waals surface area contributed by atoms with Crippen LogP contribution in [-0.4, -0.2) is 9.78 Å². The second-order valence-electron chi connectivity index (χ2n) is 3.52. The first-order valence-corrected chi connectivity index (χ1v) is 5.92. The molecule has 0 aliphatic rings. The van der Waals surface area contributed by atoms with Crippen LogP contribution in [0.2, 0.25) is 0 Å². The van der Waals surface area contributed by atoms with Gasteiger partial charge < -0.3 is 5.73 Å². The molecule has 84 valence electrons. The summed E-state index contributed by atoms with van der Waals surface area (Å²) in [5.74, 6) is 0.330. The second-order valence-corrected chi connectivity index (χ2v) is 4.68. The molecular formula is C11H11FIN3. The topological polar surface area (TPSA) is 43.8 Å². The standard InChI is InChI=1S/C11H11FIN3/c1-7(8-4-2-3-5-9(8)12)16-11(14)10(13)6-15-16/h2-7H,14H2,1H3. The summed E-state index contributed by atoms with van der Waals surface area (Å²) in [6.07, 6.45) is 1.67. The molecule has 0 saturated heterocycles. The molecule has 2 N–H and O–H groups in total. The monoisotopic (exact) mass is 331 g/mol. The molecule has 5 heteroatoms. The second kappa shape index (κ2) is 4.40. The van der Waals surface area contributed by atoms with Crippen molar-refractivity contribution >= 4 is 28.4 Å². The Bertz CT molecular complexity index is 510. The van der Waals surface area contributed by atoms with Crippen LogP contribution in [0.15, 0.2) is 30.5 Å². The zero-order valence-electron chi connectivity index (χ0n) is 8.69. The van der Waals surface area contributed by atoms with Gasteiger partial charge in [-0.05, 0) is 35.6 Å². The Balaban J connectivity index is 2.43. The van der Waals surface area contributed by atoms with Crippen molar-refractivity contribution in [3.05, 3.63) is 45.4 Å². The number of hydrogen-bond donors (Lipinski definition) is 1. The lowest BCUT2D eigenvalue weighted by molar-refractivity contribution is 0.526. The summed E-state index contributed by atoms with van der Waals surface area (Å²) in [6.45, 7) is 1.87. The van der Waals surface area contributed by atoms with Gasteiger partial charge in [0, 0.05) is 5.56 Å². The Morgan fingerprint density at radius 3 is 2.69 bits per heavy atom. The third-order valence-corrected chi connectivity index (χ3v) is 3.34. The number of rotatable bonds is 2. The Hall–Kier alpha value is -1.11. The number of aromatic nitrogens is 2. The van der Waals surface area contributed by atoms with Crippen LogP contribution in [0.5, 0.6) is 0 Å². The normalized spacial score (nSPS) is 12.7. The van der Waals surface area contributed by atoms with E-state index in [4.69, 9.17) is 5.73 Å². The lowest BCUT2D eigenvalue weighted by atomic mass is 10.1. The predicted octanol–water partition coefficient (Wildman–Crippen LogP) is 2.82. The quantitative estimate of drug-likeness (QED) is 0.860. The molecule has 1 unspecified atom stereocenters. The van der Waals surface area contributed by atoms with Gasteiger partial charge in [-0.3, -0.25) is 0 Å². The number of anilines is 1. The number of benzene rings is 1. The fraction of sp³-hybridized carbons (Fsp3) is 0.182. The van der Waals surface area contributed by atoms with E-state index in [-0.39, 0.29) is 11.9 Å². The lowest BCUT2D eigenvalue weighted by Crippen LogP contribution is -2.13. The summed E-state index contributed by atoms with van der Waals surface area (Å²) >= 11 is 2.10. The molecular weight excluding hydrogens is 320 g/mol. The summed E-state index contributed by atoms with van der Waals surface area (Å²) in [7, 11) is 0. The number of nitrogen functional groups attached to an aromatic ring is 1. The molecule has 1 aromatic carbocycles. The van der Waals surface area contributed by atoms with Crippen molar-refractivity contribution in [1.29, 1.82) is 0 Å². The minimum atomic E-state index is -0.236. The molecule has 2 aromatic rings.